The first-order valence-corrected chi connectivity index (χ1v) is 8.52. The van der Waals surface area contributed by atoms with Gasteiger partial charge in [0.15, 0.2) is 0 Å². The molecular weight excluding hydrogens is 282 g/mol. The van der Waals surface area contributed by atoms with Gasteiger partial charge in [-0.2, -0.15) is 0 Å². The lowest BCUT2D eigenvalue weighted by molar-refractivity contribution is -0.0290. The summed E-state index contributed by atoms with van der Waals surface area (Å²) >= 11 is 1.77. The average Bonchev–Trinajstić information content (AvgIpc) is 2.86. The first-order valence-electron chi connectivity index (χ1n) is 7.70. The van der Waals surface area contributed by atoms with Gasteiger partial charge in [-0.15, -0.1) is 11.3 Å². The fourth-order valence-electron chi connectivity index (χ4n) is 3.07. The zero-order valence-corrected chi connectivity index (χ0v) is 13.2. The normalized spacial score (nSPS) is 23.1. The van der Waals surface area contributed by atoms with Crippen LogP contribution in [0.4, 0.5) is 0 Å². The van der Waals surface area contributed by atoms with Crippen molar-refractivity contribution in [3.8, 4) is 0 Å². The monoisotopic (exact) mass is 305 g/mol. The summed E-state index contributed by atoms with van der Waals surface area (Å²) < 4.78 is 6.87. The van der Waals surface area contributed by atoms with E-state index in [2.05, 4.69) is 30.5 Å². The van der Waals surface area contributed by atoms with Crippen molar-refractivity contribution in [2.45, 2.75) is 44.8 Å². The van der Waals surface area contributed by atoms with Crippen molar-refractivity contribution in [3.63, 3.8) is 0 Å². The van der Waals surface area contributed by atoms with Gasteiger partial charge in [0.1, 0.15) is 0 Å². The van der Waals surface area contributed by atoms with Crippen LogP contribution in [-0.2, 0) is 11.2 Å². The average molecular weight is 305 g/mol. The SMILES string of the molecule is CCOC1CC(CC(Cc2nc3ccccc3s2)NN)C1. The molecule has 0 bridgehead atoms. The first kappa shape index (κ1) is 14.9. The van der Waals surface area contributed by atoms with Crippen LogP contribution in [0.2, 0.25) is 0 Å². The van der Waals surface area contributed by atoms with Gasteiger partial charge in [-0.05, 0) is 44.2 Å². The summed E-state index contributed by atoms with van der Waals surface area (Å²) in [5.41, 5.74) is 4.06. The molecule has 0 spiro atoms. The van der Waals surface area contributed by atoms with Crippen molar-refractivity contribution in [2.75, 3.05) is 6.61 Å². The number of thiazole rings is 1. The standard InChI is InChI=1S/C16H23N3OS/c1-2-20-13-8-11(9-13)7-12(19-17)10-16-18-14-5-3-4-6-15(14)21-16/h3-6,11-13,19H,2,7-10,17H2,1H3. The summed E-state index contributed by atoms with van der Waals surface area (Å²) in [6.45, 7) is 2.88. The molecule has 0 aliphatic heterocycles. The molecule has 21 heavy (non-hydrogen) atoms. The maximum Gasteiger partial charge on any atom is 0.0954 e. The van der Waals surface area contributed by atoms with Gasteiger partial charge < -0.3 is 4.74 Å². The third-order valence-electron chi connectivity index (χ3n) is 4.21. The summed E-state index contributed by atoms with van der Waals surface area (Å²) in [4.78, 5) is 4.69. The minimum Gasteiger partial charge on any atom is -0.378 e. The van der Waals surface area contributed by atoms with Crippen LogP contribution in [0.5, 0.6) is 0 Å². The van der Waals surface area contributed by atoms with Gasteiger partial charge in [0, 0.05) is 19.1 Å². The Morgan fingerprint density at radius 3 is 2.95 bits per heavy atom. The second-order valence-corrected chi connectivity index (χ2v) is 6.91. The Morgan fingerprint density at radius 2 is 2.24 bits per heavy atom. The summed E-state index contributed by atoms with van der Waals surface area (Å²) in [5.74, 6) is 6.46. The topological polar surface area (TPSA) is 60.2 Å². The van der Waals surface area contributed by atoms with Crippen LogP contribution in [0.1, 0.15) is 31.2 Å². The number of hydrogen-bond acceptors (Lipinski definition) is 5. The minimum absolute atomic E-state index is 0.304. The molecule has 1 heterocycles. The predicted octanol–water partition coefficient (Wildman–Crippen LogP) is 2.88. The van der Waals surface area contributed by atoms with Crippen LogP contribution in [0.15, 0.2) is 24.3 Å². The highest BCUT2D eigenvalue weighted by Gasteiger charge is 2.31. The number of benzene rings is 1. The van der Waals surface area contributed by atoms with E-state index < -0.39 is 0 Å². The van der Waals surface area contributed by atoms with Gasteiger partial charge in [0.05, 0.1) is 21.3 Å². The summed E-state index contributed by atoms with van der Waals surface area (Å²) in [7, 11) is 0. The van der Waals surface area contributed by atoms with E-state index in [1.807, 2.05) is 6.07 Å². The molecule has 1 atom stereocenters. The molecule has 1 saturated carbocycles. The van der Waals surface area contributed by atoms with Crippen molar-refractivity contribution in [1.82, 2.24) is 10.4 Å². The summed E-state index contributed by atoms with van der Waals surface area (Å²) in [6.07, 6.45) is 4.83. The lowest BCUT2D eigenvalue weighted by Crippen LogP contribution is -2.42. The van der Waals surface area contributed by atoms with Crippen molar-refractivity contribution >= 4 is 21.6 Å². The van der Waals surface area contributed by atoms with Gasteiger partial charge in [0.25, 0.3) is 0 Å². The van der Waals surface area contributed by atoms with Gasteiger partial charge in [-0.25, -0.2) is 4.98 Å². The number of nitrogens with two attached hydrogens (primary N) is 1. The number of ether oxygens (including phenoxy) is 1. The lowest BCUT2D eigenvalue weighted by Gasteiger charge is -2.36. The number of rotatable bonds is 7. The number of fused-ring (bicyclic) bond motifs is 1. The van der Waals surface area contributed by atoms with Crippen molar-refractivity contribution in [3.05, 3.63) is 29.3 Å². The zero-order chi connectivity index (χ0) is 14.7. The molecule has 0 radical (unpaired) electrons. The van der Waals surface area contributed by atoms with E-state index in [0.29, 0.717) is 12.1 Å². The highest BCUT2D eigenvalue weighted by molar-refractivity contribution is 7.18. The van der Waals surface area contributed by atoms with E-state index >= 15 is 0 Å². The number of hydrazine groups is 1. The maximum absolute atomic E-state index is 5.73. The molecule has 1 unspecified atom stereocenters. The largest absolute Gasteiger partial charge is 0.378 e. The van der Waals surface area contributed by atoms with Gasteiger partial charge in [-0.3, -0.25) is 11.3 Å². The second kappa shape index (κ2) is 6.83. The minimum atomic E-state index is 0.304. The Kier molecular flexibility index (Phi) is 4.85. The van der Waals surface area contributed by atoms with E-state index in [1.54, 1.807) is 11.3 Å². The Balaban J connectivity index is 1.55. The molecule has 114 valence electrons. The molecule has 0 saturated heterocycles. The van der Waals surface area contributed by atoms with Crippen LogP contribution < -0.4 is 11.3 Å². The Labute approximate surface area is 129 Å². The van der Waals surface area contributed by atoms with E-state index in [0.717, 1.165) is 30.9 Å². The zero-order valence-electron chi connectivity index (χ0n) is 12.4. The summed E-state index contributed by atoms with van der Waals surface area (Å²) in [5, 5.41) is 1.17. The lowest BCUT2D eigenvalue weighted by atomic mass is 9.78. The number of nitrogens with zero attached hydrogens (tertiary/aromatic N) is 1. The van der Waals surface area contributed by atoms with Gasteiger partial charge in [0.2, 0.25) is 0 Å². The third-order valence-corrected chi connectivity index (χ3v) is 5.27. The molecule has 1 aliphatic rings. The molecule has 1 aromatic heterocycles. The Morgan fingerprint density at radius 1 is 1.43 bits per heavy atom. The Hall–Kier alpha value is -1.01. The van der Waals surface area contributed by atoms with E-state index in [1.165, 1.54) is 22.5 Å². The van der Waals surface area contributed by atoms with E-state index in [9.17, 15) is 0 Å². The van der Waals surface area contributed by atoms with Crippen LogP contribution in [0.3, 0.4) is 0 Å². The molecule has 1 fully saturated rings. The van der Waals surface area contributed by atoms with E-state index in [4.69, 9.17) is 15.6 Å². The highest BCUT2D eigenvalue weighted by Crippen LogP contribution is 2.34. The first-order chi connectivity index (χ1) is 10.3. The molecular formula is C16H23N3OS. The van der Waals surface area contributed by atoms with Crippen LogP contribution in [-0.4, -0.2) is 23.7 Å². The number of nitrogens with one attached hydrogen (secondary N) is 1. The van der Waals surface area contributed by atoms with Crippen molar-refractivity contribution < 1.29 is 4.74 Å². The quantitative estimate of drug-likeness (QED) is 0.610. The fourth-order valence-corrected chi connectivity index (χ4v) is 4.12. The van der Waals surface area contributed by atoms with E-state index in [-0.39, 0.29) is 0 Å². The number of para-hydroxylation sites is 1. The molecule has 0 amide bonds. The molecule has 3 N–H and O–H groups in total. The molecule has 4 nitrogen and oxygen atoms in total. The predicted molar refractivity (Wildman–Crippen MR) is 87.2 cm³/mol. The number of aromatic nitrogens is 1. The summed E-state index contributed by atoms with van der Waals surface area (Å²) in [6, 6.07) is 8.59. The van der Waals surface area contributed by atoms with Gasteiger partial charge >= 0.3 is 0 Å². The van der Waals surface area contributed by atoms with Crippen LogP contribution in [0, 0.1) is 5.92 Å². The fraction of sp³-hybridized carbons (Fsp3) is 0.562. The third kappa shape index (κ3) is 3.61. The molecule has 5 heteroatoms. The molecule has 3 rings (SSSR count). The Bertz CT molecular complexity index is 547. The second-order valence-electron chi connectivity index (χ2n) is 5.79. The van der Waals surface area contributed by atoms with Crippen LogP contribution in [0.25, 0.3) is 10.2 Å². The molecule has 1 aromatic carbocycles. The maximum atomic E-state index is 5.73. The smallest absolute Gasteiger partial charge is 0.0954 e. The highest BCUT2D eigenvalue weighted by atomic mass is 32.1. The van der Waals surface area contributed by atoms with Crippen molar-refractivity contribution in [1.29, 1.82) is 0 Å². The molecule has 2 aromatic rings. The van der Waals surface area contributed by atoms with Gasteiger partial charge in [-0.1, -0.05) is 12.1 Å². The van der Waals surface area contributed by atoms with Crippen molar-refractivity contribution in [2.24, 2.45) is 11.8 Å². The van der Waals surface area contributed by atoms with Crippen LogP contribution >= 0.6 is 11.3 Å². The molecule has 1 aliphatic carbocycles. The number of hydrogen-bond donors (Lipinski definition) is 2.